The van der Waals surface area contributed by atoms with Crippen LogP contribution >= 0.6 is 0 Å². The molecular formula is C17H25N3O2. The van der Waals surface area contributed by atoms with Crippen LogP contribution < -0.4 is 5.32 Å². The Labute approximate surface area is 132 Å². The van der Waals surface area contributed by atoms with Crippen molar-refractivity contribution in [1.82, 2.24) is 9.80 Å². The van der Waals surface area contributed by atoms with E-state index < -0.39 is 0 Å². The summed E-state index contributed by atoms with van der Waals surface area (Å²) in [5, 5.41) is 3.09. The van der Waals surface area contributed by atoms with Gasteiger partial charge in [0.2, 0.25) is 12.3 Å². The van der Waals surface area contributed by atoms with Gasteiger partial charge in [-0.3, -0.25) is 14.5 Å². The summed E-state index contributed by atoms with van der Waals surface area (Å²) in [5.41, 5.74) is 3.33. The number of carbonyl (C=O) groups excluding carboxylic acids is 2. The van der Waals surface area contributed by atoms with Crippen LogP contribution in [0.4, 0.5) is 5.69 Å². The molecule has 0 atom stereocenters. The minimum Gasteiger partial charge on any atom is -0.343 e. The van der Waals surface area contributed by atoms with E-state index in [1.807, 2.05) is 6.07 Å². The summed E-state index contributed by atoms with van der Waals surface area (Å²) < 4.78 is 0. The Balaban J connectivity index is 1.96. The van der Waals surface area contributed by atoms with Gasteiger partial charge >= 0.3 is 0 Å². The lowest BCUT2D eigenvalue weighted by Crippen LogP contribution is -2.48. The Morgan fingerprint density at radius 2 is 1.73 bits per heavy atom. The van der Waals surface area contributed by atoms with E-state index in [2.05, 4.69) is 36.2 Å². The number of benzene rings is 1. The lowest BCUT2D eigenvalue weighted by molar-refractivity contribution is -0.120. The number of para-hydroxylation sites is 1. The van der Waals surface area contributed by atoms with Crippen LogP contribution in [0.5, 0.6) is 0 Å². The van der Waals surface area contributed by atoms with Crippen molar-refractivity contribution in [2.24, 2.45) is 0 Å². The van der Waals surface area contributed by atoms with E-state index in [0.29, 0.717) is 19.6 Å². The molecule has 2 rings (SSSR count). The fraction of sp³-hybridized carbons (Fsp3) is 0.529. The van der Waals surface area contributed by atoms with Gasteiger partial charge in [-0.05, 0) is 24.0 Å². The number of amides is 2. The second-order valence-corrected chi connectivity index (χ2v) is 5.62. The van der Waals surface area contributed by atoms with Gasteiger partial charge in [0.05, 0.1) is 6.54 Å². The zero-order valence-corrected chi connectivity index (χ0v) is 13.5. The lowest BCUT2D eigenvalue weighted by atomic mass is 10.0. The van der Waals surface area contributed by atoms with Gasteiger partial charge in [0, 0.05) is 31.9 Å². The highest BCUT2D eigenvalue weighted by Gasteiger charge is 2.18. The largest absolute Gasteiger partial charge is 0.343 e. The second kappa shape index (κ2) is 7.94. The van der Waals surface area contributed by atoms with E-state index in [1.54, 1.807) is 4.90 Å². The molecule has 5 heteroatoms. The maximum atomic E-state index is 12.3. The fourth-order valence-corrected chi connectivity index (χ4v) is 2.81. The molecule has 1 N–H and O–H groups in total. The second-order valence-electron chi connectivity index (χ2n) is 5.62. The predicted octanol–water partition coefficient (Wildman–Crippen LogP) is 1.52. The molecule has 1 heterocycles. The molecule has 0 aliphatic carbocycles. The number of carbonyl (C=O) groups is 2. The molecule has 2 amide bonds. The molecular weight excluding hydrogens is 278 g/mol. The van der Waals surface area contributed by atoms with E-state index in [-0.39, 0.29) is 5.91 Å². The third-order valence-electron chi connectivity index (χ3n) is 4.19. The average Bonchev–Trinajstić information content (AvgIpc) is 2.55. The molecule has 1 saturated heterocycles. The molecule has 1 aromatic rings. The Hall–Kier alpha value is -1.88. The number of hydrogen-bond donors (Lipinski definition) is 1. The maximum absolute atomic E-state index is 12.3. The molecule has 1 aromatic carbocycles. The summed E-state index contributed by atoms with van der Waals surface area (Å²) >= 11 is 0. The Morgan fingerprint density at radius 1 is 1.14 bits per heavy atom. The standard InChI is InChI=1S/C17H25N3O2/c1-3-14-6-5-7-15(4-2)17(14)18-16(22)12-19-8-10-20(13-21)11-9-19/h5-7,13H,3-4,8-12H2,1-2H3,(H,18,22). The molecule has 0 bridgehead atoms. The van der Waals surface area contributed by atoms with Crippen LogP contribution in [0.15, 0.2) is 18.2 Å². The van der Waals surface area contributed by atoms with Crippen molar-refractivity contribution >= 4 is 18.0 Å². The highest BCUT2D eigenvalue weighted by atomic mass is 16.2. The van der Waals surface area contributed by atoms with Crippen molar-refractivity contribution < 1.29 is 9.59 Å². The van der Waals surface area contributed by atoms with Crippen molar-refractivity contribution in [3.63, 3.8) is 0 Å². The van der Waals surface area contributed by atoms with Gasteiger partial charge in [-0.25, -0.2) is 0 Å². The lowest BCUT2D eigenvalue weighted by Gasteiger charge is -2.32. The highest BCUT2D eigenvalue weighted by Crippen LogP contribution is 2.22. The summed E-state index contributed by atoms with van der Waals surface area (Å²) in [4.78, 5) is 26.9. The summed E-state index contributed by atoms with van der Waals surface area (Å²) in [5.74, 6) is 0.0233. The minimum atomic E-state index is 0.0233. The van der Waals surface area contributed by atoms with Crippen LogP contribution in [-0.2, 0) is 22.4 Å². The average molecular weight is 303 g/mol. The Bertz CT molecular complexity index is 500. The van der Waals surface area contributed by atoms with Crippen LogP contribution in [0.3, 0.4) is 0 Å². The van der Waals surface area contributed by atoms with Gasteiger partial charge in [0.15, 0.2) is 0 Å². The van der Waals surface area contributed by atoms with Gasteiger partial charge in [0.25, 0.3) is 0 Å². The first-order chi connectivity index (χ1) is 10.7. The van der Waals surface area contributed by atoms with Gasteiger partial charge in [-0.1, -0.05) is 32.0 Å². The van der Waals surface area contributed by atoms with Crippen LogP contribution in [-0.4, -0.2) is 54.8 Å². The van der Waals surface area contributed by atoms with Crippen molar-refractivity contribution in [2.75, 3.05) is 38.0 Å². The number of nitrogens with zero attached hydrogens (tertiary/aromatic N) is 2. The van der Waals surface area contributed by atoms with Gasteiger partial charge in [-0.15, -0.1) is 0 Å². The molecule has 5 nitrogen and oxygen atoms in total. The van der Waals surface area contributed by atoms with Gasteiger partial charge in [-0.2, -0.15) is 0 Å². The first kappa shape index (κ1) is 16.5. The topological polar surface area (TPSA) is 52.7 Å². The van der Waals surface area contributed by atoms with Crippen molar-refractivity contribution in [1.29, 1.82) is 0 Å². The molecule has 0 radical (unpaired) electrons. The summed E-state index contributed by atoms with van der Waals surface area (Å²) in [6, 6.07) is 6.18. The normalized spacial score (nSPS) is 15.6. The minimum absolute atomic E-state index is 0.0233. The summed E-state index contributed by atoms with van der Waals surface area (Å²) in [6.07, 6.45) is 2.69. The summed E-state index contributed by atoms with van der Waals surface area (Å²) in [6.45, 7) is 7.48. The van der Waals surface area contributed by atoms with Crippen LogP contribution in [0.1, 0.15) is 25.0 Å². The van der Waals surface area contributed by atoms with E-state index in [4.69, 9.17) is 0 Å². The van der Waals surface area contributed by atoms with Crippen molar-refractivity contribution in [3.8, 4) is 0 Å². The van der Waals surface area contributed by atoms with E-state index in [0.717, 1.165) is 38.0 Å². The zero-order valence-electron chi connectivity index (χ0n) is 13.5. The van der Waals surface area contributed by atoms with E-state index in [9.17, 15) is 9.59 Å². The molecule has 22 heavy (non-hydrogen) atoms. The maximum Gasteiger partial charge on any atom is 0.238 e. The monoisotopic (exact) mass is 303 g/mol. The Morgan fingerprint density at radius 3 is 2.23 bits per heavy atom. The number of anilines is 1. The molecule has 120 valence electrons. The third-order valence-corrected chi connectivity index (χ3v) is 4.19. The number of rotatable bonds is 6. The van der Waals surface area contributed by atoms with Crippen LogP contribution in [0, 0.1) is 0 Å². The third kappa shape index (κ3) is 4.07. The predicted molar refractivity (Wildman–Crippen MR) is 87.9 cm³/mol. The molecule has 1 aliphatic heterocycles. The van der Waals surface area contributed by atoms with E-state index in [1.165, 1.54) is 11.1 Å². The first-order valence-corrected chi connectivity index (χ1v) is 8.00. The molecule has 0 saturated carbocycles. The number of aryl methyl sites for hydroxylation is 2. The number of hydrogen-bond acceptors (Lipinski definition) is 3. The van der Waals surface area contributed by atoms with E-state index >= 15 is 0 Å². The molecule has 0 unspecified atom stereocenters. The number of piperazine rings is 1. The fourth-order valence-electron chi connectivity index (χ4n) is 2.81. The quantitative estimate of drug-likeness (QED) is 0.811. The van der Waals surface area contributed by atoms with Crippen LogP contribution in [0.2, 0.25) is 0 Å². The molecule has 1 fully saturated rings. The highest BCUT2D eigenvalue weighted by molar-refractivity contribution is 5.93. The number of nitrogens with one attached hydrogen (secondary N) is 1. The Kier molecular flexibility index (Phi) is 5.95. The van der Waals surface area contributed by atoms with Gasteiger partial charge in [0.1, 0.15) is 0 Å². The molecule has 1 aliphatic rings. The van der Waals surface area contributed by atoms with Crippen LogP contribution in [0.25, 0.3) is 0 Å². The summed E-state index contributed by atoms with van der Waals surface area (Å²) in [7, 11) is 0. The molecule has 0 aromatic heterocycles. The first-order valence-electron chi connectivity index (χ1n) is 8.00. The zero-order chi connectivity index (χ0) is 15.9. The SMILES string of the molecule is CCc1cccc(CC)c1NC(=O)CN1CCN(C=O)CC1. The van der Waals surface area contributed by atoms with Crippen molar-refractivity contribution in [3.05, 3.63) is 29.3 Å². The molecule has 0 spiro atoms. The smallest absolute Gasteiger partial charge is 0.238 e. The van der Waals surface area contributed by atoms with Gasteiger partial charge < -0.3 is 10.2 Å². The van der Waals surface area contributed by atoms with Crippen molar-refractivity contribution in [2.45, 2.75) is 26.7 Å².